The molecule has 1 N–H and O–H groups in total. The molecule has 0 radical (unpaired) electrons. The van der Waals surface area contributed by atoms with E-state index in [4.69, 9.17) is 0 Å². The normalized spacial score (nSPS) is 12.9. The molecule has 0 rings (SSSR count). The summed E-state index contributed by atoms with van der Waals surface area (Å²) < 4.78 is 13.4. The van der Waals surface area contributed by atoms with Crippen molar-refractivity contribution < 1.29 is 9.18 Å². The summed E-state index contributed by atoms with van der Waals surface area (Å²) >= 11 is 0. The van der Waals surface area contributed by atoms with Crippen LogP contribution in [0.1, 0.15) is 34.1 Å². The van der Waals surface area contributed by atoms with Gasteiger partial charge >= 0.3 is 0 Å². The van der Waals surface area contributed by atoms with Crippen LogP contribution in [-0.4, -0.2) is 5.91 Å². The Morgan fingerprint density at radius 2 is 1.94 bits per heavy atom. The molecule has 0 atom stereocenters. The van der Waals surface area contributed by atoms with Crippen molar-refractivity contribution in [3.63, 3.8) is 0 Å². The van der Waals surface area contributed by atoms with Gasteiger partial charge in [-0.1, -0.05) is 32.1 Å². The average Bonchev–Trinajstić information content (AvgIpc) is 2.11. The molecule has 0 unspecified atom stereocenters. The van der Waals surface area contributed by atoms with E-state index in [0.29, 0.717) is 5.92 Å². The van der Waals surface area contributed by atoms with Crippen LogP contribution >= 0.6 is 0 Å². The molecule has 0 saturated carbocycles. The van der Waals surface area contributed by atoms with Crippen molar-refractivity contribution in [1.82, 2.24) is 5.32 Å². The zero-order valence-corrected chi connectivity index (χ0v) is 10.4. The van der Waals surface area contributed by atoms with Gasteiger partial charge in [0.25, 0.3) is 0 Å². The van der Waals surface area contributed by atoms with E-state index in [1.165, 1.54) is 19.9 Å². The zero-order chi connectivity index (χ0) is 12.7. The lowest BCUT2D eigenvalue weighted by atomic mass is 10.0. The molecule has 2 nitrogen and oxygen atoms in total. The van der Waals surface area contributed by atoms with Crippen LogP contribution < -0.4 is 5.32 Å². The van der Waals surface area contributed by atoms with Gasteiger partial charge in [0.15, 0.2) is 0 Å². The molecule has 0 fully saturated rings. The fraction of sp³-hybridized carbons (Fsp3) is 0.462. The van der Waals surface area contributed by atoms with Gasteiger partial charge in [-0.2, -0.15) is 0 Å². The molecule has 0 aliphatic heterocycles. The highest BCUT2D eigenvalue weighted by atomic mass is 19.1. The van der Waals surface area contributed by atoms with Crippen LogP contribution in [0.25, 0.3) is 0 Å². The highest BCUT2D eigenvalue weighted by Crippen LogP contribution is 2.12. The molecule has 1 amide bonds. The van der Waals surface area contributed by atoms with E-state index in [2.05, 4.69) is 25.7 Å². The molecular weight excluding hydrogens is 205 g/mol. The zero-order valence-electron chi connectivity index (χ0n) is 10.4. The first-order chi connectivity index (χ1) is 7.32. The summed E-state index contributed by atoms with van der Waals surface area (Å²) in [5.41, 5.74) is 1.10. The van der Waals surface area contributed by atoms with Gasteiger partial charge in [-0.3, -0.25) is 4.79 Å². The molecule has 0 spiro atoms. The number of carbonyl (C=O) groups excluding carboxylic acids is 1. The highest BCUT2D eigenvalue weighted by molar-refractivity contribution is 5.74. The minimum atomic E-state index is -0.444. The maximum absolute atomic E-state index is 13.4. The Bertz CT molecular complexity index is 327. The number of carbonyl (C=O) groups is 1. The Labute approximate surface area is 96.9 Å². The van der Waals surface area contributed by atoms with Crippen LogP contribution in [-0.2, 0) is 4.79 Å². The van der Waals surface area contributed by atoms with Gasteiger partial charge in [0, 0.05) is 6.92 Å². The highest BCUT2D eigenvalue weighted by Gasteiger charge is 2.00. The van der Waals surface area contributed by atoms with E-state index in [-0.39, 0.29) is 11.6 Å². The molecule has 3 heteroatoms. The number of allylic oxidation sites excluding steroid dienone is 5. The lowest BCUT2D eigenvalue weighted by Crippen LogP contribution is -2.17. The Balaban J connectivity index is 4.42. The van der Waals surface area contributed by atoms with Gasteiger partial charge in [-0.15, -0.1) is 0 Å². The standard InChI is InChI=1S/C13H20FNO/c1-9(2)8-10(3)6-7-13(14)11(4)15-12(5)16/h6-7,9H,3,8H2,1-2,4-5H3,(H,15,16)/b7-6-,13-11-. The molecule has 0 aromatic carbocycles. The summed E-state index contributed by atoms with van der Waals surface area (Å²) in [5.74, 6) is -0.220. The van der Waals surface area contributed by atoms with Crippen molar-refractivity contribution in [2.75, 3.05) is 0 Å². The van der Waals surface area contributed by atoms with Gasteiger partial charge in [0.1, 0.15) is 5.83 Å². The van der Waals surface area contributed by atoms with Crippen LogP contribution in [0.3, 0.4) is 0 Å². The van der Waals surface area contributed by atoms with Crippen molar-refractivity contribution in [3.05, 3.63) is 35.8 Å². The Morgan fingerprint density at radius 3 is 2.38 bits per heavy atom. The summed E-state index contributed by atoms with van der Waals surface area (Å²) in [6.45, 7) is 10.8. The van der Waals surface area contributed by atoms with Crippen molar-refractivity contribution in [2.45, 2.75) is 34.1 Å². The molecule has 0 saturated heterocycles. The third kappa shape index (κ3) is 6.98. The first-order valence-electron chi connectivity index (χ1n) is 5.32. The molecule has 0 aromatic rings. The van der Waals surface area contributed by atoms with Crippen molar-refractivity contribution in [3.8, 4) is 0 Å². The fourth-order valence-electron chi connectivity index (χ4n) is 1.23. The average molecular weight is 225 g/mol. The largest absolute Gasteiger partial charge is 0.327 e. The molecule has 0 aliphatic carbocycles. The maximum atomic E-state index is 13.4. The van der Waals surface area contributed by atoms with E-state index >= 15 is 0 Å². The van der Waals surface area contributed by atoms with Crippen molar-refractivity contribution >= 4 is 5.91 Å². The smallest absolute Gasteiger partial charge is 0.221 e. The summed E-state index contributed by atoms with van der Waals surface area (Å²) in [4.78, 5) is 10.7. The summed E-state index contributed by atoms with van der Waals surface area (Å²) in [6, 6.07) is 0. The first kappa shape index (κ1) is 14.6. The predicted molar refractivity (Wildman–Crippen MR) is 65.4 cm³/mol. The van der Waals surface area contributed by atoms with Crippen molar-refractivity contribution in [1.29, 1.82) is 0 Å². The second kappa shape index (κ2) is 6.99. The minimum absolute atomic E-state index is 0.223. The van der Waals surface area contributed by atoms with Gasteiger partial charge in [0.2, 0.25) is 5.91 Å². The summed E-state index contributed by atoms with van der Waals surface area (Å²) in [5, 5.41) is 2.39. The third-order valence-electron chi connectivity index (χ3n) is 1.86. The van der Waals surface area contributed by atoms with Crippen LogP contribution in [0.15, 0.2) is 35.8 Å². The first-order valence-corrected chi connectivity index (χ1v) is 5.32. The van der Waals surface area contributed by atoms with Gasteiger partial charge in [0.05, 0.1) is 5.70 Å². The molecule has 0 bridgehead atoms. The van der Waals surface area contributed by atoms with Crippen LogP contribution in [0.2, 0.25) is 0 Å². The third-order valence-corrected chi connectivity index (χ3v) is 1.86. The van der Waals surface area contributed by atoms with Gasteiger partial charge < -0.3 is 5.32 Å². The molecule has 0 aromatic heterocycles. The Hall–Kier alpha value is -1.38. The Morgan fingerprint density at radius 1 is 1.38 bits per heavy atom. The van der Waals surface area contributed by atoms with Crippen LogP contribution in [0, 0.1) is 5.92 Å². The lowest BCUT2D eigenvalue weighted by molar-refractivity contribution is -0.118. The Kier molecular flexibility index (Phi) is 6.38. The number of rotatable bonds is 5. The lowest BCUT2D eigenvalue weighted by Gasteiger charge is -2.04. The minimum Gasteiger partial charge on any atom is -0.327 e. The van der Waals surface area contributed by atoms with Crippen molar-refractivity contribution in [2.24, 2.45) is 5.92 Å². The van der Waals surface area contributed by atoms with Crippen LogP contribution in [0.5, 0.6) is 0 Å². The predicted octanol–water partition coefficient (Wildman–Crippen LogP) is 3.48. The molecule has 16 heavy (non-hydrogen) atoms. The number of amides is 1. The SMILES string of the molecule is C=C(/C=C\C(F)=C(/C)NC(C)=O)CC(C)C. The molecule has 90 valence electrons. The van der Waals surface area contributed by atoms with E-state index in [1.54, 1.807) is 6.08 Å². The maximum Gasteiger partial charge on any atom is 0.221 e. The molecule has 0 aliphatic rings. The van der Waals surface area contributed by atoms with E-state index in [1.807, 2.05) is 0 Å². The summed E-state index contributed by atoms with van der Waals surface area (Å²) in [6.07, 6.45) is 3.81. The fourth-order valence-corrected chi connectivity index (χ4v) is 1.23. The molecule has 0 heterocycles. The number of hydrogen-bond acceptors (Lipinski definition) is 1. The monoisotopic (exact) mass is 225 g/mol. The van der Waals surface area contributed by atoms with Gasteiger partial charge in [-0.25, -0.2) is 4.39 Å². The number of halogens is 1. The van der Waals surface area contributed by atoms with E-state index in [0.717, 1.165) is 12.0 Å². The van der Waals surface area contributed by atoms with E-state index in [9.17, 15) is 9.18 Å². The second-order valence-corrected chi connectivity index (χ2v) is 4.24. The van der Waals surface area contributed by atoms with Gasteiger partial charge in [-0.05, 0) is 25.3 Å². The second-order valence-electron chi connectivity index (χ2n) is 4.24. The molecular formula is C13H20FNO. The topological polar surface area (TPSA) is 29.1 Å². The number of nitrogens with one attached hydrogen (secondary N) is 1. The summed E-state index contributed by atoms with van der Waals surface area (Å²) in [7, 11) is 0. The number of hydrogen-bond donors (Lipinski definition) is 1. The van der Waals surface area contributed by atoms with Crippen LogP contribution in [0.4, 0.5) is 4.39 Å². The quantitative estimate of drug-likeness (QED) is 0.713. The van der Waals surface area contributed by atoms with E-state index < -0.39 is 5.83 Å².